The molecule has 132 valence electrons. The van der Waals surface area contributed by atoms with Crippen LogP contribution in [0.1, 0.15) is 32.8 Å². The number of carbonyl (C=O) groups is 2. The molecule has 0 aliphatic rings. The Morgan fingerprint density at radius 3 is 2.00 bits per heavy atom. The fraction of sp³-hybridized carbons (Fsp3) is 0.333. The molecule has 0 saturated carbocycles. The van der Waals surface area contributed by atoms with Crippen molar-refractivity contribution < 1.29 is 9.59 Å². The quantitative estimate of drug-likeness (QED) is 0.769. The highest BCUT2D eigenvalue weighted by molar-refractivity contribution is 5.92. The maximum Gasteiger partial charge on any atom is 0.224 e. The van der Waals surface area contributed by atoms with E-state index < -0.39 is 0 Å². The number of amides is 2. The molecule has 0 spiro atoms. The van der Waals surface area contributed by atoms with Crippen molar-refractivity contribution >= 4 is 17.5 Å². The topological polar surface area (TPSA) is 40.6 Å². The molecule has 2 rings (SSSR count). The van der Waals surface area contributed by atoms with Crippen LogP contribution >= 0.6 is 0 Å². The van der Waals surface area contributed by atoms with Crippen molar-refractivity contribution in [3.8, 4) is 0 Å². The summed E-state index contributed by atoms with van der Waals surface area (Å²) in [6, 6.07) is 19.5. The highest BCUT2D eigenvalue weighted by atomic mass is 16.2. The molecule has 0 saturated heterocycles. The maximum absolute atomic E-state index is 12.7. The van der Waals surface area contributed by atoms with E-state index >= 15 is 0 Å². The minimum atomic E-state index is -0.0573. The number of nitrogens with zero attached hydrogens (tertiary/aromatic N) is 2. The van der Waals surface area contributed by atoms with Crippen molar-refractivity contribution in [2.75, 3.05) is 11.4 Å². The first-order valence-corrected chi connectivity index (χ1v) is 8.65. The van der Waals surface area contributed by atoms with Gasteiger partial charge in [-0.15, -0.1) is 0 Å². The molecule has 4 heteroatoms. The molecule has 2 aromatic carbocycles. The van der Waals surface area contributed by atoms with Crippen LogP contribution < -0.4 is 4.90 Å². The van der Waals surface area contributed by atoms with Gasteiger partial charge in [-0.3, -0.25) is 9.59 Å². The van der Waals surface area contributed by atoms with Gasteiger partial charge in [0.05, 0.1) is 0 Å². The lowest BCUT2D eigenvalue weighted by atomic mass is 10.1. The van der Waals surface area contributed by atoms with E-state index in [0.29, 0.717) is 19.5 Å². The van der Waals surface area contributed by atoms with Crippen LogP contribution in [-0.4, -0.2) is 29.3 Å². The van der Waals surface area contributed by atoms with E-state index in [2.05, 4.69) is 0 Å². The minimum absolute atomic E-state index is 0.0565. The Labute approximate surface area is 150 Å². The Morgan fingerprint density at radius 1 is 0.920 bits per heavy atom. The SMILES string of the molecule is CC(=O)N(CCC(=O)N(Cc1ccccc1)C(C)C)c1ccccc1. The van der Waals surface area contributed by atoms with Gasteiger partial charge in [0, 0.05) is 38.2 Å². The van der Waals surface area contributed by atoms with Crippen LogP contribution in [0, 0.1) is 0 Å². The van der Waals surface area contributed by atoms with Crippen LogP contribution in [0.5, 0.6) is 0 Å². The molecule has 0 heterocycles. The summed E-state index contributed by atoms with van der Waals surface area (Å²) in [6.07, 6.45) is 0.305. The summed E-state index contributed by atoms with van der Waals surface area (Å²) in [7, 11) is 0. The van der Waals surface area contributed by atoms with E-state index in [9.17, 15) is 9.59 Å². The molecular weight excluding hydrogens is 312 g/mol. The highest BCUT2D eigenvalue weighted by Crippen LogP contribution is 2.15. The van der Waals surface area contributed by atoms with Gasteiger partial charge >= 0.3 is 0 Å². The third-order valence-electron chi connectivity index (χ3n) is 4.14. The Hall–Kier alpha value is -2.62. The van der Waals surface area contributed by atoms with Gasteiger partial charge in [0.25, 0.3) is 0 Å². The normalized spacial score (nSPS) is 10.6. The van der Waals surface area contributed by atoms with E-state index in [1.165, 1.54) is 6.92 Å². The number of benzene rings is 2. The molecule has 2 aromatic rings. The van der Waals surface area contributed by atoms with Crippen LogP contribution in [0.15, 0.2) is 60.7 Å². The number of rotatable bonds is 7. The lowest BCUT2D eigenvalue weighted by Gasteiger charge is -2.28. The lowest BCUT2D eigenvalue weighted by molar-refractivity contribution is -0.133. The summed E-state index contributed by atoms with van der Waals surface area (Å²) in [5.74, 6) is -0.000750. The van der Waals surface area contributed by atoms with Gasteiger partial charge in [-0.05, 0) is 31.5 Å². The maximum atomic E-state index is 12.7. The molecule has 0 radical (unpaired) electrons. The van der Waals surface area contributed by atoms with Crippen molar-refractivity contribution in [3.05, 3.63) is 66.2 Å². The lowest BCUT2D eigenvalue weighted by Crippen LogP contribution is -2.39. The van der Waals surface area contributed by atoms with Gasteiger partial charge in [-0.1, -0.05) is 48.5 Å². The summed E-state index contributed by atoms with van der Waals surface area (Å²) in [4.78, 5) is 28.2. The van der Waals surface area contributed by atoms with E-state index in [-0.39, 0.29) is 17.9 Å². The largest absolute Gasteiger partial charge is 0.336 e. The molecule has 0 N–H and O–H groups in total. The Balaban J connectivity index is 2.03. The zero-order valence-corrected chi connectivity index (χ0v) is 15.2. The fourth-order valence-corrected chi connectivity index (χ4v) is 2.77. The summed E-state index contributed by atoms with van der Waals surface area (Å²) < 4.78 is 0. The second-order valence-corrected chi connectivity index (χ2v) is 6.36. The predicted molar refractivity (Wildman–Crippen MR) is 101 cm³/mol. The van der Waals surface area contributed by atoms with Crippen molar-refractivity contribution in [1.29, 1.82) is 0 Å². The Kier molecular flexibility index (Phi) is 6.75. The van der Waals surface area contributed by atoms with E-state index in [1.807, 2.05) is 79.4 Å². The number of carbonyl (C=O) groups excluding carboxylic acids is 2. The summed E-state index contributed by atoms with van der Waals surface area (Å²) in [6.45, 7) is 6.53. The van der Waals surface area contributed by atoms with Crippen molar-refractivity contribution in [3.63, 3.8) is 0 Å². The molecule has 2 amide bonds. The minimum Gasteiger partial charge on any atom is -0.336 e. The molecule has 25 heavy (non-hydrogen) atoms. The first-order valence-electron chi connectivity index (χ1n) is 8.65. The molecule has 0 aliphatic heterocycles. The second kappa shape index (κ2) is 9.02. The van der Waals surface area contributed by atoms with Crippen molar-refractivity contribution in [2.45, 2.75) is 39.8 Å². The second-order valence-electron chi connectivity index (χ2n) is 6.36. The van der Waals surface area contributed by atoms with Crippen LogP contribution in [0.25, 0.3) is 0 Å². The smallest absolute Gasteiger partial charge is 0.224 e. The zero-order chi connectivity index (χ0) is 18.2. The first-order chi connectivity index (χ1) is 12.0. The predicted octanol–water partition coefficient (Wildman–Crippen LogP) is 3.87. The molecule has 0 fully saturated rings. The van der Waals surface area contributed by atoms with Crippen molar-refractivity contribution in [2.24, 2.45) is 0 Å². The van der Waals surface area contributed by atoms with Crippen LogP contribution in [0.4, 0.5) is 5.69 Å². The van der Waals surface area contributed by atoms with Crippen molar-refractivity contribution in [1.82, 2.24) is 4.90 Å². The van der Waals surface area contributed by atoms with E-state index in [4.69, 9.17) is 0 Å². The average molecular weight is 338 g/mol. The number of hydrogen-bond donors (Lipinski definition) is 0. The van der Waals surface area contributed by atoms with Gasteiger partial charge < -0.3 is 9.80 Å². The monoisotopic (exact) mass is 338 g/mol. The third kappa shape index (κ3) is 5.45. The standard InChI is InChI=1S/C21H26N2O2/c1-17(2)23(16-19-10-6-4-7-11-19)21(25)14-15-22(18(3)24)20-12-8-5-9-13-20/h4-13,17H,14-16H2,1-3H3. The van der Waals surface area contributed by atoms with Gasteiger partial charge in [0.15, 0.2) is 0 Å². The summed E-state index contributed by atoms with van der Waals surface area (Å²) >= 11 is 0. The van der Waals surface area contributed by atoms with Gasteiger partial charge in [0.2, 0.25) is 11.8 Å². The average Bonchev–Trinajstić information content (AvgIpc) is 2.61. The number of para-hydroxylation sites is 1. The molecule has 0 bridgehead atoms. The number of anilines is 1. The molecule has 0 unspecified atom stereocenters. The van der Waals surface area contributed by atoms with Gasteiger partial charge in [-0.2, -0.15) is 0 Å². The van der Waals surface area contributed by atoms with Gasteiger partial charge in [-0.25, -0.2) is 0 Å². The Morgan fingerprint density at radius 2 is 1.48 bits per heavy atom. The molecule has 4 nitrogen and oxygen atoms in total. The van der Waals surface area contributed by atoms with Crippen LogP contribution in [0.3, 0.4) is 0 Å². The zero-order valence-electron chi connectivity index (χ0n) is 15.2. The molecule has 0 atom stereocenters. The summed E-state index contributed by atoms with van der Waals surface area (Å²) in [5, 5.41) is 0. The third-order valence-corrected chi connectivity index (χ3v) is 4.14. The van der Waals surface area contributed by atoms with E-state index in [0.717, 1.165) is 11.3 Å². The van der Waals surface area contributed by atoms with Crippen LogP contribution in [0.2, 0.25) is 0 Å². The molecule has 0 aromatic heterocycles. The van der Waals surface area contributed by atoms with Gasteiger partial charge in [0.1, 0.15) is 0 Å². The highest BCUT2D eigenvalue weighted by Gasteiger charge is 2.19. The molecular formula is C21H26N2O2. The van der Waals surface area contributed by atoms with Crippen LogP contribution in [-0.2, 0) is 16.1 Å². The molecule has 0 aliphatic carbocycles. The summed E-state index contributed by atoms with van der Waals surface area (Å²) in [5.41, 5.74) is 1.93. The Bertz CT molecular complexity index is 684. The number of hydrogen-bond acceptors (Lipinski definition) is 2. The fourth-order valence-electron chi connectivity index (χ4n) is 2.77. The van der Waals surface area contributed by atoms with E-state index in [1.54, 1.807) is 4.90 Å². The first kappa shape index (κ1) is 18.7.